The Morgan fingerprint density at radius 3 is 2.52 bits per heavy atom. The van der Waals surface area contributed by atoms with Gasteiger partial charge in [0.25, 0.3) is 0 Å². The van der Waals surface area contributed by atoms with Gasteiger partial charge in [-0.3, -0.25) is 4.79 Å². The molecule has 1 aromatic carbocycles. The van der Waals surface area contributed by atoms with E-state index in [2.05, 4.69) is 11.9 Å². The van der Waals surface area contributed by atoms with Crippen LogP contribution in [0.15, 0.2) is 36.9 Å². The highest BCUT2D eigenvalue weighted by atomic mass is 16.5. The number of rotatable bonds is 11. The molecule has 1 amide bonds. The van der Waals surface area contributed by atoms with Gasteiger partial charge < -0.3 is 14.8 Å². The van der Waals surface area contributed by atoms with Crippen LogP contribution in [0.2, 0.25) is 0 Å². The second-order valence-corrected chi connectivity index (χ2v) is 5.06. The van der Waals surface area contributed by atoms with E-state index < -0.39 is 0 Å². The molecule has 0 saturated carbocycles. The van der Waals surface area contributed by atoms with Crippen LogP contribution in [0, 0.1) is 0 Å². The number of unbranched alkanes of at least 4 members (excludes halogenated alkanes) is 2. The molecule has 5 heteroatoms. The molecule has 0 radical (unpaired) electrons. The first-order valence-corrected chi connectivity index (χ1v) is 7.97. The van der Waals surface area contributed by atoms with Crippen molar-refractivity contribution >= 4 is 11.9 Å². The van der Waals surface area contributed by atoms with Gasteiger partial charge in [-0.2, -0.15) is 0 Å². The van der Waals surface area contributed by atoms with Crippen molar-refractivity contribution in [2.75, 3.05) is 19.8 Å². The Hall–Kier alpha value is -2.30. The Morgan fingerprint density at radius 2 is 1.87 bits per heavy atom. The minimum absolute atomic E-state index is 0.160. The normalized spacial score (nSPS) is 9.96. The molecule has 126 valence electrons. The zero-order valence-corrected chi connectivity index (χ0v) is 13.7. The zero-order chi connectivity index (χ0) is 16.9. The third-order valence-corrected chi connectivity index (χ3v) is 3.15. The Kier molecular flexibility index (Phi) is 9.20. The number of nitrogens with one attached hydrogen (secondary N) is 1. The largest absolute Gasteiger partial charge is 0.494 e. The van der Waals surface area contributed by atoms with E-state index >= 15 is 0 Å². The molecule has 0 atom stereocenters. The lowest BCUT2D eigenvalue weighted by atomic mass is 10.2. The van der Waals surface area contributed by atoms with Crippen molar-refractivity contribution in [3.8, 4) is 5.75 Å². The summed E-state index contributed by atoms with van der Waals surface area (Å²) in [5.74, 6) is 0.250. The summed E-state index contributed by atoms with van der Waals surface area (Å²) in [6, 6.07) is 6.92. The molecule has 23 heavy (non-hydrogen) atoms. The number of hydrogen-bond acceptors (Lipinski definition) is 4. The smallest absolute Gasteiger partial charge is 0.338 e. The molecule has 0 spiro atoms. The number of carbonyl (C=O) groups is 2. The SMILES string of the molecule is C=CC(=O)NCCCCOc1ccc(C(=O)OCCCC)cc1. The van der Waals surface area contributed by atoms with Gasteiger partial charge in [0.15, 0.2) is 0 Å². The molecule has 0 unspecified atom stereocenters. The molecule has 0 bridgehead atoms. The van der Waals surface area contributed by atoms with Gasteiger partial charge in [-0.1, -0.05) is 19.9 Å². The summed E-state index contributed by atoms with van der Waals surface area (Å²) >= 11 is 0. The highest BCUT2D eigenvalue weighted by Gasteiger charge is 2.06. The Bertz CT molecular complexity index is 496. The molecule has 1 rings (SSSR count). The maximum Gasteiger partial charge on any atom is 0.338 e. The number of amides is 1. The fourth-order valence-corrected chi connectivity index (χ4v) is 1.78. The second kappa shape index (κ2) is 11.3. The summed E-state index contributed by atoms with van der Waals surface area (Å²) in [7, 11) is 0. The summed E-state index contributed by atoms with van der Waals surface area (Å²) in [6.07, 6.45) is 4.79. The fraction of sp³-hybridized carbons (Fsp3) is 0.444. The first-order chi connectivity index (χ1) is 11.2. The molecule has 0 aliphatic rings. The molecule has 1 N–H and O–H groups in total. The van der Waals surface area contributed by atoms with E-state index in [1.54, 1.807) is 24.3 Å². The van der Waals surface area contributed by atoms with E-state index in [1.807, 2.05) is 6.92 Å². The van der Waals surface area contributed by atoms with E-state index in [0.717, 1.165) is 25.7 Å². The van der Waals surface area contributed by atoms with Gasteiger partial charge >= 0.3 is 5.97 Å². The maximum absolute atomic E-state index is 11.7. The van der Waals surface area contributed by atoms with Crippen LogP contribution in [0.3, 0.4) is 0 Å². The molecule has 0 fully saturated rings. The Balaban J connectivity index is 2.22. The van der Waals surface area contributed by atoms with Gasteiger partial charge in [-0.25, -0.2) is 4.79 Å². The predicted molar refractivity (Wildman–Crippen MR) is 89.6 cm³/mol. The van der Waals surface area contributed by atoms with Gasteiger partial charge in [-0.15, -0.1) is 0 Å². The Morgan fingerprint density at radius 1 is 1.13 bits per heavy atom. The lowest BCUT2D eigenvalue weighted by molar-refractivity contribution is -0.116. The molecule has 1 aromatic rings. The summed E-state index contributed by atoms with van der Waals surface area (Å²) in [4.78, 5) is 22.7. The van der Waals surface area contributed by atoms with Crippen LogP contribution in [0.4, 0.5) is 0 Å². The highest BCUT2D eigenvalue weighted by Crippen LogP contribution is 2.13. The van der Waals surface area contributed by atoms with Crippen LogP contribution in [0.25, 0.3) is 0 Å². The van der Waals surface area contributed by atoms with Gasteiger partial charge in [0.2, 0.25) is 5.91 Å². The van der Waals surface area contributed by atoms with E-state index in [-0.39, 0.29) is 11.9 Å². The first kappa shape index (κ1) is 18.7. The third kappa shape index (κ3) is 8.04. The summed E-state index contributed by atoms with van der Waals surface area (Å²) in [5, 5.41) is 2.71. The summed E-state index contributed by atoms with van der Waals surface area (Å²) in [5.41, 5.74) is 0.528. The molecule has 0 heterocycles. The monoisotopic (exact) mass is 319 g/mol. The van der Waals surface area contributed by atoms with Crippen molar-refractivity contribution in [2.24, 2.45) is 0 Å². The minimum Gasteiger partial charge on any atom is -0.494 e. The van der Waals surface area contributed by atoms with Crippen LogP contribution in [0.5, 0.6) is 5.75 Å². The standard InChI is InChI=1S/C18H25NO4/c1-3-5-13-23-18(21)15-8-10-16(11-9-15)22-14-7-6-12-19-17(20)4-2/h4,8-11H,2-3,5-7,12-14H2,1H3,(H,19,20). The number of ether oxygens (including phenoxy) is 2. The maximum atomic E-state index is 11.7. The van der Waals surface area contributed by atoms with Gasteiger partial charge in [0, 0.05) is 6.54 Å². The average Bonchev–Trinajstić information content (AvgIpc) is 2.58. The highest BCUT2D eigenvalue weighted by molar-refractivity contribution is 5.89. The summed E-state index contributed by atoms with van der Waals surface area (Å²) < 4.78 is 10.7. The molecule has 0 aliphatic carbocycles. The van der Waals surface area contributed by atoms with Crippen LogP contribution < -0.4 is 10.1 Å². The molecule has 0 saturated heterocycles. The molecule has 5 nitrogen and oxygen atoms in total. The van der Waals surface area contributed by atoms with Gasteiger partial charge in [0.1, 0.15) is 5.75 Å². The van der Waals surface area contributed by atoms with Crippen LogP contribution in [-0.2, 0) is 9.53 Å². The number of esters is 1. The third-order valence-electron chi connectivity index (χ3n) is 3.15. The topological polar surface area (TPSA) is 64.6 Å². The Labute approximate surface area is 137 Å². The van der Waals surface area contributed by atoms with E-state index in [1.165, 1.54) is 6.08 Å². The van der Waals surface area contributed by atoms with Crippen molar-refractivity contribution < 1.29 is 19.1 Å². The number of hydrogen-bond donors (Lipinski definition) is 1. The van der Waals surface area contributed by atoms with Crippen LogP contribution in [0.1, 0.15) is 43.0 Å². The van der Waals surface area contributed by atoms with E-state index in [9.17, 15) is 9.59 Å². The second-order valence-electron chi connectivity index (χ2n) is 5.06. The molecule has 0 aromatic heterocycles. The quantitative estimate of drug-likeness (QED) is 0.387. The van der Waals surface area contributed by atoms with Gasteiger partial charge in [-0.05, 0) is 49.6 Å². The number of benzene rings is 1. The van der Waals surface area contributed by atoms with E-state index in [0.29, 0.717) is 31.1 Å². The average molecular weight is 319 g/mol. The van der Waals surface area contributed by atoms with Crippen LogP contribution >= 0.6 is 0 Å². The van der Waals surface area contributed by atoms with Gasteiger partial charge in [0.05, 0.1) is 18.8 Å². The first-order valence-electron chi connectivity index (χ1n) is 7.97. The minimum atomic E-state index is -0.303. The molecular formula is C18H25NO4. The van der Waals surface area contributed by atoms with Crippen molar-refractivity contribution in [2.45, 2.75) is 32.6 Å². The van der Waals surface area contributed by atoms with Crippen molar-refractivity contribution in [3.63, 3.8) is 0 Å². The van der Waals surface area contributed by atoms with Crippen molar-refractivity contribution in [3.05, 3.63) is 42.5 Å². The lowest BCUT2D eigenvalue weighted by Crippen LogP contribution is -2.22. The molecular weight excluding hydrogens is 294 g/mol. The predicted octanol–water partition coefficient (Wildman–Crippen LogP) is 3.10. The fourth-order valence-electron chi connectivity index (χ4n) is 1.78. The zero-order valence-electron chi connectivity index (χ0n) is 13.7. The molecule has 0 aliphatic heterocycles. The van der Waals surface area contributed by atoms with Crippen molar-refractivity contribution in [1.29, 1.82) is 0 Å². The van der Waals surface area contributed by atoms with Crippen LogP contribution in [-0.4, -0.2) is 31.6 Å². The lowest BCUT2D eigenvalue weighted by Gasteiger charge is -2.08. The van der Waals surface area contributed by atoms with E-state index in [4.69, 9.17) is 9.47 Å². The summed E-state index contributed by atoms with van der Waals surface area (Å²) in [6.45, 7) is 7.06. The number of carbonyl (C=O) groups excluding carboxylic acids is 2. The van der Waals surface area contributed by atoms with Crippen molar-refractivity contribution in [1.82, 2.24) is 5.32 Å².